The number of aliphatic hydroxyl groups is 3. The molecule has 0 spiro atoms. The zero-order valence-electron chi connectivity index (χ0n) is 29.0. The predicted octanol–water partition coefficient (Wildman–Crippen LogP) is 2.33. The molecule has 0 aromatic heterocycles. The van der Waals surface area contributed by atoms with Gasteiger partial charge in [-0.3, -0.25) is 22.9 Å². The van der Waals surface area contributed by atoms with Gasteiger partial charge in [-0.05, 0) is 6.42 Å². The van der Waals surface area contributed by atoms with E-state index in [2.05, 4.69) is 20.5 Å². The molecule has 0 amide bonds. The third-order valence-corrected chi connectivity index (χ3v) is 11.0. The lowest BCUT2D eigenvalue weighted by Crippen LogP contribution is -2.63. The Hall–Kier alpha value is -0.210. The van der Waals surface area contributed by atoms with Gasteiger partial charge in [0, 0.05) is 12.3 Å². The molecule has 1 fully saturated rings. The Kier molecular flexibility index (Phi) is 23.4. The van der Waals surface area contributed by atoms with Crippen LogP contribution in [0.25, 0.3) is 0 Å². The second-order valence-corrected chi connectivity index (χ2v) is 18.0. The van der Waals surface area contributed by atoms with Crippen LogP contribution in [0.4, 0.5) is 0 Å². The zero-order valence-corrected chi connectivity index (χ0v) is 32.6. The van der Waals surface area contributed by atoms with Gasteiger partial charge in [0.2, 0.25) is 0 Å². The van der Waals surface area contributed by atoms with Crippen molar-refractivity contribution in [1.82, 2.24) is 0 Å². The first kappa shape index (κ1) is 49.8. The van der Waals surface area contributed by atoms with Gasteiger partial charge in [0.25, 0.3) is 0 Å². The monoisotopic (exact) mass is 840 g/mol. The average molecular weight is 841 g/mol. The maximum Gasteiger partial charge on any atom is 0.470 e. The van der Waals surface area contributed by atoms with Crippen LogP contribution in [0, 0.1) is 5.92 Å². The summed E-state index contributed by atoms with van der Waals surface area (Å²) in [6.45, 7) is 0.0382. The molecular formula is C27H56O21P4. The number of esters is 1. The second kappa shape index (κ2) is 24.4. The first-order valence-electron chi connectivity index (χ1n) is 17.0. The quantitative estimate of drug-likeness (QED) is 0.0223. The molecule has 0 aromatic rings. The van der Waals surface area contributed by atoms with Crippen molar-refractivity contribution in [3.63, 3.8) is 0 Å². The van der Waals surface area contributed by atoms with Crippen molar-refractivity contribution in [2.24, 2.45) is 5.92 Å². The molecule has 1 rings (SSSR count). The first-order chi connectivity index (χ1) is 24.1. The van der Waals surface area contributed by atoms with E-state index < -0.39 is 106 Å². The van der Waals surface area contributed by atoms with E-state index in [-0.39, 0.29) is 6.42 Å². The topological polar surface area (TPSA) is 343 Å². The molecule has 0 heterocycles. The molecule has 0 saturated heterocycles. The number of phosphoric ester groups is 3. The minimum Gasteiger partial charge on any atom is -0.457 e. The average Bonchev–Trinajstić information content (AvgIpc) is 3.01. The number of phosphoric acid groups is 3. The summed E-state index contributed by atoms with van der Waals surface area (Å²) in [7, 11) is -22.1. The molecule has 1 aliphatic carbocycles. The smallest absolute Gasteiger partial charge is 0.457 e. The van der Waals surface area contributed by atoms with E-state index in [4.69, 9.17) is 19.1 Å². The predicted molar refractivity (Wildman–Crippen MR) is 180 cm³/mol. The van der Waals surface area contributed by atoms with E-state index >= 15 is 0 Å². The summed E-state index contributed by atoms with van der Waals surface area (Å²) < 4.78 is 76.0. The summed E-state index contributed by atoms with van der Waals surface area (Å²) in [6.07, 6.45) is -1.35. The normalized spacial score (nSPS) is 24.8. The number of rotatable bonds is 29. The molecule has 52 heavy (non-hydrogen) atoms. The van der Waals surface area contributed by atoms with E-state index in [1.54, 1.807) is 0 Å². The summed E-state index contributed by atoms with van der Waals surface area (Å²) >= 11 is 0. The lowest BCUT2D eigenvalue weighted by Gasteiger charge is -2.46. The SMILES string of the molecule is CCCCCCCCCCCCCCCC(=O)O[C@H](COCO)COP(=O)(O)CC1C(O)[C@H](OP(=O)(O)O)C(OP(=O)(O)O)C(OP(=O)(O)O)[C@@H]1O. The minimum absolute atomic E-state index is 0.00436. The summed E-state index contributed by atoms with van der Waals surface area (Å²) in [5.74, 6) is -2.83. The van der Waals surface area contributed by atoms with E-state index in [9.17, 15) is 67.5 Å². The third-order valence-electron chi connectivity index (χ3n) is 8.06. The summed E-state index contributed by atoms with van der Waals surface area (Å²) in [4.78, 5) is 78.9. The van der Waals surface area contributed by atoms with Crippen molar-refractivity contribution in [2.45, 2.75) is 133 Å². The van der Waals surface area contributed by atoms with Gasteiger partial charge in [-0.25, -0.2) is 13.7 Å². The van der Waals surface area contributed by atoms with Crippen molar-refractivity contribution >= 4 is 37.0 Å². The van der Waals surface area contributed by atoms with Gasteiger partial charge in [-0.15, -0.1) is 0 Å². The number of carbonyl (C=O) groups excluding carboxylic acids is 1. The Labute approximate surface area is 302 Å². The molecule has 1 saturated carbocycles. The van der Waals surface area contributed by atoms with Gasteiger partial charge in [0.15, 0.2) is 0 Å². The van der Waals surface area contributed by atoms with Gasteiger partial charge >= 0.3 is 37.0 Å². The van der Waals surface area contributed by atoms with Crippen LogP contribution in [0.3, 0.4) is 0 Å². The van der Waals surface area contributed by atoms with Gasteiger partial charge in [-0.1, -0.05) is 84.0 Å². The van der Waals surface area contributed by atoms with Gasteiger partial charge in [-0.2, -0.15) is 0 Å². The Bertz CT molecular complexity index is 1170. The highest BCUT2D eigenvalue weighted by Gasteiger charge is 2.58. The van der Waals surface area contributed by atoms with Crippen molar-refractivity contribution in [1.29, 1.82) is 0 Å². The molecule has 0 aromatic carbocycles. The summed E-state index contributed by atoms with van der Waals surface area (Å²) in [6, 6.07) is 0. The fourth-order valence-corrected chi connectivity index (χ4v) is 8.82. The second-order valence-electron chi connectivity index (χ2n) is 12.5. The van der Waals surface area contributed by atoms with Crippen LogP contribution in [0.5, 0.6) is 0 Å². The number of hydrogen-bond acceptors (Lipinski definition) is 14. The van der Waals surface area contributed by atoms with E-state index in [1.165, 1.54) is 44.9 Å². The Balaban J connectivity index is 2.81. The fourth-order valence-electron chi connectivity index (χ4n) is 5.67. The highest BCUT2D eigenvalue weighted by Crippen LogP contribution is 2.54. The van der Waals surface area contributed by atoms with E-state index in [0.717, 1.165) is 32.1 Å². The molecule has 21 nitrogen and oxygen atoms in total. The van der Waals surface area contributed by atoms with Crippen molar-refractivity contribution < 1.29 is 100 Å². The van der Waals surface area contributed by atoms with Crippen LogP contribution in [-0.4, -0.2) is 118 Å². The molecule has 310 valence electrons. The van der Waals surface area contributed by atoms with Crippen LogP contribution in [0.15, 0.2) is 0 Å². The zero-order chi connectivity index (χ0) is 39.6. The van der Waals surface area contributed by atoms with Gasteiger partial charge < -0.3 is 63.6 Å². The van der Waals surface area contributed by atoms with Crippen LogP contribution in [0.2, 0.25) is 0 Å². The highest BCUT2D eigenvalue weighted by molar-refractivity contribution is 7.52. The van der Waals surface area contributed by atoms with Gasteiger partial charge in [0.05, 0.1) is 31.6 Å². The molecule has 25 heteroatoms. The molecule has 5 unspecified atom stereocenters. The minimum atomic E-state index is -5.71. The van der Waals surface area contributed by atoms with Gasteiger partial charge in [0.1, 0.15) is 31.2 Å². The maximum absolute atomic E-state index is 13.1. The van der Waals surface area contributed by atoms with E-state index in [0.29, 0.717) is 6.42 Å². The number of unbranched alkanes of at least 4 members (excludes halogenated alkanes) is 12. The third kappa shape index (κ3) is 22.4. The molecule has 1 aliphatic rings. The molecule has 0 radical (unpaired) electrons. The Morgan fingerprint density at radius 2 is 1.02 bits per heavy atom. The maximum atomic E-state index is 13.1. The number of carbonyl (C=O) groups is 1. The molecule has 10 N–H and O–H groups in total. The van der Waals surface area contributed by atoms with E-state index in [1.807, 2.05) is 0 Å². The molecular weight excluding hydrogens is 784 g/mol. The fraction of sp³-hybridized carbons (Fsp3) is 0.963. The standard InChI is InChI=1S/C27H56O21P4/c1-2-3-4-5-6-7-8-9-10-11-12-13-14-15-22(29)45-20(16-43-19-28)17-44-49(32,33)18-21-23(30)25(46-50(34,35)36)27(48-52(40,41)42)26(24(21)31)47-51(37,38)39/h20-21,23-28,30-31H,2-19H2,1H3,(H,32,33)(H2,34,35,36)(H2,37,38,39)(H2,40,41,42)/t20-,21?,23-,24?,25?,26+,27?/m1/s1. The van der Waals surface area contributed by atoms with Crippen LogP contribution < -0.4 is 0 Å². The largest absolute Gasteiger partial charge is 0.470 e. The molecule has 0 aliphatic heterocycles. The van der Waals surface area contributed by atoms with Crippen LogP contribution in [-0.2, 0) is 50.6 Å². The van der Waals surface area contributed by atoms with Crippen LogP contribution >= 0.6 is 31.1 Å². The summed E-state index contributed by atoms with van der Waals surface area (Å²) in [5, 5.41) is 30.7. The van der Waals surface area contributed by atoms with Crippen molar-refractivity contribution in [2.75, 3.05) is 26.2 Å². The highest BCUT2D eigenvalue weighted by atomic mass is 31.2. The van der Waals surface area contributed by atoms with Crippen LogP contribution in [0.1, 0.15) is 96.8 Å². The lowest BCUT2D eigenvalue weighted by atomic mass is 9.79. The number of ether oxygens (including phenoxy) is 2. The Morgan fingerprint density at radius 3 is 1.42 bits per heavy atom. The number of aliphatic hydroxyl groups excluding tert-OH is 3. The van der Waals surface area contributed by atoms with Crippen molar-refractivity contribution in [3.8, 4) is 0 Å². The van der Waals surface area contributed by atoms with Crippen molar-refractivity contribution in [3.05, 3.63) is 0 Å². The Morgan fingerprint density at radius 1 is 0.615 bits per heavy atom. The molecule has 8 atom stereocenters. The number of hydrogen-bond donors (Lipinski definition) is 10. The molecule has 0 bridgehead atoms. The summed E-state index contributed by atoms with van der Waals surface area (Å²) in [5.41, 5.74) is 0. The first-order valence-corrected chi connectivity index (χ1v) is 23.4. The lowest BCUT2D eigenvalue weighted by molar-refractivity contribution is -0.188.